The molecule has 62 valence electrons. The zero-order valence-electron chi connectivity index (χ0n) is 6.39. The highest BCUT2D eigenvalue weighted by Crippen LogP contribution is 1.86. The van der Waals surface area contributed by atoms with Gasteiger partial charge in [0.05, 0.1) is 21.1 Å². The molecular formula is C5H13ClN2O2. The number of rotatable bonds is 2. The van der Waals surface area contributed by atoms with Gasteiger partial charge in [-0.25, -0.2) is 5.48 Å². The molecular weight excluding hydrogens is 156 g/mol. The first kappa shape index (κ1) is 12.4. The van der Waals surface area contributed by atoms with Crippen LogP contribution in [-0.4, -0.2) is 43.3 Å². The lowest BCUT2D eigenvalue weighted by Gasteiger charge is -2.21. The Kier molecular flexibility index (Phi) is 5.55. The van der Waals surface area contributed by atoms with Crippen molar-refractivity contribution in [2.45, 2.75) is 0 Å². The van der Waals surface area contributed by atoms with Gasteiger partial charge in [0.25, 0.3) is 5.91 Å². The molecule has 0 saturated carbocycles. The summed E-state index contributed by atoms with van der Waals surface area (Å²) in [6.07, 6.45) is 0. The van der Waals surface area contributed by atoms with Crippen LogP contribution in [0.2, 0.25) is 0 Å². The summed E-state index contributed by atoms with van der Waals surface area (Å²) in [5.41, 5.74) is 1.57. The van der Waals surface area contributed by atoms with Crippen molar-refractivity contribution in [1.29, 1.82) is 0 Å². The highest BCUT2D eigenvalue weighted by molar-refractivity contribution is 5.75. The van der Waals surface area contributed by atoms with Gasteiger partial charge in [0, 0.05) is 0 Å². The number of hydrogen-bond donors (Lipinski definition) is 2. The second-order valence-electron chi connectivity index (χ2n) is 2.98. The number of carbonyl (C=O) groups excluding carboxylic acids is 1. The van der Waals surface area contributed by atoms with Crippen LogP contribution >= 0.6 is 0 Å². The van der Waals surface area contributed by atoms with E-state index in [0.717, 1.165) is 0 Å². The van der Waals surface area contributed by atoms with Crippen molar-refractivity contribution in [1.82, 2.24) is 5.48 Å². The van der Waals surface area contributed by atoms with Crippen LogP contribution in [0.15, 0.2) is 0 Å². The molecule has 0 spiro atoms. The van der Waals surface area contributed by atoms with Gasteiger partial charge >= 0.3 is 0 Å². The van der Waals surface area contributed by atoms with Crippen LogP contribution in [0, 0.1) is 0 Å². The van der Waals surface area contributed by atoms with E-state index in [1.54, 1.807) is 5.48 Å². The van der Waals surface area contributed by atoms with Gasteiger partial charge < -0.3 is 16.9 Å². The molecule has 0 aromatic carbocycles. The fourth-order valence-corrected chi connectivity index (χ4v) is 0.466. The summed E-state index contributed by atoms with van der Waals surface area (Å²) < 4.78 is 0.520. The highest BCUT2D eigenvalue weighted by Gasteiger charge is 2.12. The van der Waals surface area contributed by atoms with E-state index in [1.807, 2.05) is 21.1 Å². The molecule has 0 fully saturated rings. The highest BCUT2D eigenvalue weighted by atomic mass is 35.5. The SMILES string of the molecule is C[N+](C)(C)CC(=O)NO.[Cl-]. The van der Waals surface area contributed by atoms with Crippen LogP contribution in [0.1, 0.15) is 0 Å². The smallest absolute Gasteiger partial charge is 0.298 e. The molecule has 10 heavy (non-hydrogen) atoms. The Morgan fingerprint density at radius 1 is 1.50 bits per heavy atom. The Labute approximate surface area is 66.8 Å². The zero-order chi connectivity index (χ0) is 7.49. The quantitative estimate of drug-likeness (QED) is 0.253. The molecule has 4 nitrogen and oxygen atoms in total. The third-order valence-electron chi connectivity index (χ3n) is 0.743. The second kappa shape index (κ2) is 4.49. The Hall–Kier alpha value is -0.320. The van der Waals surface area contributed by atoms with Gasteiger partial charge in [-0.05, 0) is 0 Å². The molecule has 0 aromatic rings. The van der Waals surface area contributed by atoms with Gasteiger partial charge in [-0.15, -0.1) is 0 Å². The third kappa shape index (κ3) is 7.68. The molecule has 0 unspecified atom stereocenters. The van der Waals surface area contributed by atoms with Crippen LogP contribution in [0.4, 0.5) is 0 Å². The average Bonchev–Trinajstić information content (AvgIpc) is 1.62. The first-order valence-electron chi connectivity index (χ1n) is 2.69. The monoisotopic (exact) mass is 168 g/mol. The van der Waals surface area contributed by atoms with Gasteiger partial charge in [0.15, 0.2) is 6.54 Å². The Balaban J connectivity index is 0. The van der Waals surface area contributed by atoms with Crippen molar-refractivity contribution in [3.05, 3.63) is 0 Å². The molecule has 0 saturated heterocycles. The van der Waals surface area contributed by atoms with Crippen molar-refractivity contribution in [3.63, 3.8) is 0 Å². The lowest BCUT2D eigenvalue weighted by atomic mass is 10.5. The van der Waals surface area contributed by atoms with E-state index in [1.165, 1.54) is 0 Å². The minimum atomic E-state index is -0.359. The Bertz CT molecular complexity index is 111. The number of amides is 1. The summed E-state index contributed by atoms with van der Waals surface area (Å²) in [6.45, 7) is 0.288. The summed E-state index contributed by atoms with van der Waals surface area (Å²) in [6, 6.07) is 0. The third-order valence-corrected chi connectivity index (χ3v) is 0.743. The molecule has 5 heteroatoms. The van der Waals surface area contributed by atoms with E-state index >= 15 is 0 Å². The lowest BCUT2D eigenvalue weighted by Crippen LogP contribution is -3.00. The number of hydrogen-bond acceptors (Lipinski definition) is 2. The number of hydroxylamine groups is 1. The first-order valence-corrected chi connectivity index (χ1v) is 2.69. The molecule has 0 aliphatic carbocycles. The van der Waals surface area contributed by atoms with E-state index in [0.29, 0.717) is 4.48 Å². The molecule has 0 rings (SSSR count). The minimum Gasteiger partial charge on any atom is -1.00 e. The normalized spacial score (nSPS) is 10.0. The van der Waals surface area contributed by atoms with Crippen molar-refractivity contribution in [2.75, 3.05) is 27.7 Å². The number of halogens is 1. The summed E-state index contributed by atoms with van der Waals surface area (Å²) in [5.74, 6) is -0.359. The van der Waals surface area contributed by atoms with E-state index in [-0.39, 0.29) is 24.9 Å². The standard InChI is InChI=1S/C5H12N2O2.ClH/c1-7(2,3)4-5(8)6-9;/h4H2,1-3H3,(H-,6,8,9);1H. The van der Waals surface area contributed by atoms with Gasteiger partial charge in [-0.1, -0.05) is 0 Å². The maximum Gasteiger partial charge on any atom is 0.298 e. The Morgan fingerprint density at radius 3 is 2.00 bits per heavy atom. The topological polar surface area (TPSA) is 49.3 Å². The molecule has 2 N–H and O–H groups in total. The van der Waals surface area contributed by atoms with E-state index < -0.39 is 0 Å². The predicted octanol–water partition coefficient (Wildman–Crippen LogP) is -3.80. The summed E-state index contributed by atoms with van der Waals surface area (Å²) in [5, 5.41) is 8.09. The molecule has 0 aliphatic rings. The molecule has 0 atom stereocenters. The maximum atomic E-state index is 10.5. The molecule has 0 aliphatic heterocycles. The Morgan fingerprint density at radius 2 is 1.90 bits per heavy atom. The number of quaternary nitrogens is 1. The molecule has 0 aromatic heterocycles. The van der Waals surface area contributed by atoms with E-state index in [9.17, 15) is 4.79 Å². The second-order valence-corrected chi connectivity index (χ2v) is 2.98. The largest absolute Gasteiger partial charge is 1.00 e. The minimum absolute atomic E-state index is 0. The summed E-state index contributed by atoms with van der Waals surface area (Å²) in [4.78, 5) is 10.5. The molecule has 1 amide bonds. The van der Waals surface area contributed by atoms with Crippen LogP contribution in [0.25, 0.3) is 0 Å². The zero-order valence-corrected chi connectivity index (χ0v) is 7.14. The summed E-state index contributed by atoms with van der Waals surface area (Å²) in [7, 11) is 5.61. The van der Waals surface area contributed by atoms with Crippen molar-refractivity contribution >= 4 is 5.91 Å². The fraction of sp³-hybridized carbons (Fsp3) is 0.800. The van der Waals surface area contributed by atoms with Crippen molar-refractivity contribution < 1.29 is 26.9 Å². The fourth-order valence-electron chi connectivity index (χ4n) is 0.466. The first-order chi connectivity index (χ1) is 3.95. The molecule has 0 heterocycles. The number of likely N-dealkylation sites (N-methyl/N-ethyl adjacent to an activating group) is 1. The number of nitrogens with zero attached hydrogens (tertiary/aromatic N) is 1. The van der Waals surface area contributed by atoms with Crippen LogP contribution in [0.3, 0.4) is 0 Å². The van der Waals surface area contributed by atoms with Crippen LogP contribution in [0.5, 0.6) is 0 Å². The number of carbonyl (C=O) groups is 1. The van der Waals surface area contributed by atoms with E-state index in [2.05, 4.69) is 0 Å². The van der Waals surface area contributed by atoms with Crippen LogP contribution in [-0.2, 0) is 4.79 Å². The van der Waals surface area contributed by atoms with Gasteiger partial charge in [0.2, 0.25) is 0 Å². The molecule has 0 radical (unpaired) electrons. The molecule has 0 bridgehead atoms. The van der Waals surface area contributed by atoms with Crippen molar-refractivity contribution in [3.8, 4) is 0 Å². The van der Waals surface area contributed by atoms with Gasteiger partial charge in [-0.2, -0.15) is 0 Å². The maximum absolute atomic E-state index is 10.5. The van der Waals surface area contributed by atoms with Gasteiger partial charge in [-0.3, -0.25) is 10.0 Å². The van der Waals surface area contributed by atoms with E-state index in [4.69, 9.17) is 5.21 Å². The van der Waals surface area contributed by atoms with Crippen molar-refractivity contribution in [2.24, 2.45) is 0 Å². The predicted molar refractivity (Wildman–Crippen MR) is 32.8 cm³/mol. The number of nitrogens with one attached hydrogen (secondary N) is 1. The van der Waals surface area contributed by atoms with Crippen LogP contribution < -0.4 is 17.9 Å². The summed E-state index contributed by atoms with van der Waals surface area (Å²) >= 11 is 0. The lowest BCUT2D eigenvalue weighted by molar-refractivity contribution is -0.862. The van der Waals surface area contributed by atoms with Gasteiger partial charge in [0.1, 0.15) is 0 Å². The average molecular weight is 169 g/mol.